The zero-order valence-corrected chi connectivity index (χ0v) is 21.9. The number of carbonyl (C=O) groups is 1. The van der Waals surface area contributed by atoms with Crippen molar-refractivity contribution < 1.29 is 13.2 Å². The van der Waals surface area contributed by atoms with Crippen LogP contribution in [0.15, 0.2) is 76.4 Å². The van der Waals surface area contributed by atoms with Crippen LogP contribution in [0.1, 0.15) is 19.9 Å². The van der Waals surface area contributed by atoms with Crippen LogP contribution in [0.4, 0.5) is 11.4 Å². The third-order valence-electron chi connectivity index (χ3n) is 5.17. The molecule has 35 heavy (non-hydrogen) atoms. The summed E-state index contributed by atoms with van der Waals surface area (Å²) in [6.07, 6.45) is 0. The van der Waals surface area contributed by atoms with Crippen LogP contribution in [0.5, 0.6) is 0 Å². The van der Waals surface area contributed by atoms with Gasteiger partial charge in [0.1, 0.15) is 6.54 Å². The number of hydrogen-bond donors (Lipinski definition) is 1. The molecule has 0 aliphatic carbocycles. The molecule has 7 nitrogen and oxygen atoms in total. The monoisotopic (exact) mass is 549 g/mol. The van der Waals surface area contributed by atoms with E-state index in [1.807, 2.05) is 13.8 Å². The summed E-state index contributed by atoms with van der Waals surface area (Å²) in [5.74, 6) is -0.574. The third kappa shape index (κ3) is 5.38. The van der Waals surface area contributed by atoms with Crippen LogP contribution in [0, 0.1) is 0 Å². The Hall–Kier alpha value is -2.85. The molecule has 3 aromatic carbocycles. The normalized spacial score (nSPS) is 11.7. The van der Waals surface area contributed by atoms with Gasteiger partial charge in [-0.1, -0.05) is 52.7 Å². The fourth-order valence-electron chi connectivity index (χ4n) is 3.65. The van der Waals surface area contributed by atoms with Gasteiger partial charge >= 0.3 is 4.87 Å². The Bertz CT molecular complexity index is 1540. The van der Waals surface area contributed by atoms with Crippen LogP contribution in [0.3, 0.4) is 0 Å². The van der Waals surface area contributed by atoms with Gasteiger partial charge in [-0.15, -0.1) is 0 Å². The lowest BCUT2D eigenvalue weighted by Crippen LogP contribution is -2.38. The molecule has 0 aliphatic heterocycles. The number of benzene rings is 3. The van der Waals surface area contributed by atoms with Crippen molar-refractivity contribution in [2.24, 2.45) is 0 Å². The van der Waals surface area contributed by atoms with E-state index in [4.69, 9.17) is 23.2 Å². The first kappa shape index (κ1) is 25.2. The van der Waals surface area contributed by atoms with Gasteiger partial charge in [-0.3, -0.25) is 18.5 Å². The van der Waals surface area contributed by atoms with E-state index < -0.39 is 22.5 Å². The molecule has 0 radical (unpaired) electrons. The molecule has 1 aromatic heterocycles. The van der Waals surface area contributed by atoms with Gasteiger partial charge in [-0.25, -0.2) is 8.42 Å². The van der Waals surface area contributed by atoms with Crippen molar-refractivity contribution in [3.63, 3.8) is 0 Å². The second kappa shape index (κ2) is 10.0. The predicted octanol–water partition coefficient (Wildman–Crippen LogP) is 5.78. The summed E-state index contributed by atoms with van der Waals surface area (Å²) in [5, 5.41) is 3.19. The average Bonchev–Trinajstić information content (AvgIpc) is 3.12. The fraction of sp³-hybridized carbons (Fsp3) is 0.167. The molecule has 0 saturated carbocycles. The van der Waals surface area contributed by atoms with E-state index in [0.29, 0.717) is 5.69 Å². The van der Waals surface area contributed by atoms with Crippen LogP contribution >= 0.6 is 34.5 Å². The van der Waals surface area contributed by atoms with E-state index in [1.54, 1.807) is 41.0 Å². The molecule has 0 saturated heterocycles. The number of thiazole rings is 1. The lowest BCUT2D eigenvalue weighted by Gasteiger charge is -2.24. The summed E-state index contributed by atoms with van der Waals surface area (Å²) in [4.78, 5) is 25.3. The molecule has 182 valence electrons. The molecular formula is C24H21Cl2N3O4S2. The number of hydrogen-bond acceptors (Lipinski definition) is 5. The zero-order chi connectivity index (χ0) is 25.3. The molecule has 1 amide bonds. The lowest BCUT2D eigenvalue weighted by atomic mass is 10.2. The Labute approximate surface area is 216 Å². The van der Waals surface area contributed by atoms with Gasteiger partial charge in [-0.2, -0.15) is 0 Å². The molecule has 11 heteroatoms. The highest BCUT2D eigenvalue weighted by atomic mass is 35.5. The highest BCUT2D eigenvalue weighted by Gasteiger charge is 2.28. The topological polar surface area (TPSA) is 88.5 Å². The van der Waals surface area contributed by atoms with Crippen molar-refractivity contribution in [3.8, 4) is 0 Å². The van der Waals surface area contributed by atoms with Crippen LogP contribution in [0.25, 0.3) is 10.2 Å². The first-order valence-electron chi connectivity index (χ1n) is 10.5. The molecule has 0 atom stereocenters. The van der Waals surface area contributed by atoms with Crippen molar-refractivity contribution in [1.29, 1.82) is 0 Å². The Balaban J connectivity index is 1.67. The summed E-state index contributed by atoms with van der Waals surface area (Å²) in [5.41, 5.74) is 1.37. The third-order valence-corrected chi connectivity index (χ3v) is 8.31. The number of halogens is 2. The fourth-order valence-corrected chi connectivity index (χ4v) is 6.64. The summed E-state index contributed by atoms with van der Waals surface area (Å²) in [6.45, 7) is 3.33. The minimum Gasteiger partial charge on any atom is -0.324 e. The van der Waals surface area contributed by atoms with Crippen LogP contribution in [-0.4, -0.2) is 25.4 Å². The van der Waals surface area contributed by atoms with E-state index in [0.717, 1.165) is 25.9 Å². The molecule has 4 aromatic rings. The number of nitrogens with one attached hydrogen (secondary N) is 1. The Morgan fingerprint density at radius 3 is 2.31 bits per heavy atom. The number of rotatable bonds is 7. The van der Waals surface area contributed by atoms with E-state index in [-0.39, 0.29) is 31.5 Å². The van der Waals surface area contributed by atoms with E-state index >= 15 is 0 Å². The standard InChI is InChI=1S/C24H21Cl2N3O4S2/c1-15(2)29-21-9-8-18(13-22(21)34-24(29)31)27-23(30)14-28(19-11-16(25)10-17(26)12-19)35(32,33)20-6-4-3-5-7-20/h3-13,15H,14H2,1-2H3,(H,27,30). The minimum atomic E-state index is -4.11. The second-order valence-electron chi connectivity index (χ2n) is 8.01. The van der Waals surface area contributed by atoms with Crippen molar-refractivity contribution in [2.45, 2.75) is 24.8 Å². The van der Waals surface area contributed by atoms with Gasteiger partial charge in [0.25, 0.3) is 10.0 Å². The maximum absolute atomic E-state index is 13.4. The number of sulfonamides is 1. The molecule has 4 rings (SSSR count). The molecule has 0 unspecified atom stereocenters. The van der Waals surface area contributed by atoms with Crippen molar-refractivity contribution in [1.82, 2.24) is 4.57 Å². The van der Waals surface area contributed by atoms with Gasteiger partial charge < -0.3 is 5.32 Å². The number of nitrogens with zero attached hydrogens (tertiary/aromatic N) is 2. The van der Waals surface area contributed by atoms with Gasteiger partial charge in [0.2, 0.25) is 5.91 Å². The molecule has 1 N–H and O–H groups in total. The van der Waals surface area contributed by atoms with Crippen LogP contribution in [0.2, 0.25) is 10.0 Å². The summed E-state index contributed by atoms with van der Waals surface area (Å²) >= 11 is 13.3. The van der Waals surface area contributed by atoms with E-state index in [2.05, 4.69) is 5.32 Å². The highest BCUT2D eigenvalue weighted by molar-refractivity contribution is 7.92. The smallest absolute Gasteiger partial charge is 0.308 e. The number of anilines is 2. The first-order chi connectivity index (χ1) is 16.6. The Kier molecular flexibility index (Phi) is 7.23. The second-order valence-corrected chi connectivity index (χ2v) is 11.7. The van der Waals surface area contributed by atoms with Gasteiger partial charge in [0.05, 0.1) is 20.8 Å². The quantitative estimate of drug-likeness (QED) is 0.316. The SMILES string of the molecule is CC(C)n1c(=O)sc2cc(NC(=O)CN(c3cc(Cl)cc(Cl)c3)S(=O)(=O)c3ccccc3)ccc21. The Morgan fingerprint density at radius 1 is 1.03 bits per heavy atom. The summed E-state index contributed by atoms with van der Waals surface area (Å²) in [6, 6.07) is 17.3. The lowest BCUT2D eigenvalue weighted by molar-refractivity contribution is -0.114. The Morgan fingerprint density at radius 2 is 1.69 bits per heavy atom. The molecule has 0 spiro atoms. The van der Waals surface area contributed by atoms with Crippen molar-refractivity contribution >= 4 is 72.1 Å². The number of carbonyl (C=O) groups excluding carboxylic acids is 1. The first-order valence-corrected chi connectivity index (χ1v) is 13.6. The van der Waals surface area contributed by atoms with Gasteiger partial charge in [0.15, 0.2) is 0 Å². The molecular weight excluding hydrogens is 529 g/mol. The van der Waals surface area contributed by atoms with E-state index in [9.17, 15) is 18.0 Å². The number of amides is 1. The molecule has 0 bridgehead atoms. The van der Waals surface area contributed by atoms with Crippen LogP contribution < -0.4 is 14.5 Å². The maximum Gasteiger partial charge on any atom is 0.308 e. The average molecular weight is 550 g/mol. The zero-order valence-electron chi connectivity index (χ0n) is 18.7. The van der Waals surface area contributed by atoms with Crippen LogP contribution in [-0.2, 0) is 14.8 Å². The van der Waals surface area contributed by atoms with Crippen molar-refractivity contribution in [2.75, 3.05) is 16.2 Å². The largest absolute Gasteiger partial charge is 0.324 e. The number of aromatic nitrogens is 1. The predicted molar refractivity (Wildman–Crippen MR) is 143 cm³/mol. The summed E-state index contributed by atoms with van der Waals surface area (Å²) < 4.78 is 30.3. The highest BCUT2D eigenvalue weighted by Crippen LogP contribution is 2.30. The molecule has 1 heterocycles. The molecule has 0 fully saturated rings. The number of fused-ring (bicyclic) bond motifs is 1. The minimum absolute atomic E-state index is 0.00189. The molecule has 0 aliphatic rings. The summed E-state index contributed by atoms with van der Waals surface area (Å²) in [7, 11) is -4.11. The maximum atomic E-state index is 13.4. The van der Waals surface area contributed by atoms with Gasteiger partial charge in [-0.05, 0) is 62.4 Å². The van der Waals surface area contributed by atoms with Crippen molar-refractivity contribution in [3.05, 3.63) is 86.4 Å². The van der Waals surface area contributed by atoms with E-state index in [1.165, 1.54) is 30.3 Å². The van der Waals surface area contributed by atoms with Gasteiger partial charge in [0, 0.05) is 21.8 Å².